The first kappa shape index (κ1) is 11.1. The van der Waals surface area contributed by atoms with E-state index in [2.05, 4.69) is 31.8 Å². The first-order chi connectivity index (χ1) is 7.48. The minimum absolute atomic E-state index is 0.301. The molecule has 0 radical (unpaired) electrons. The topological polar surface area (TPSA) is 36.7 Å². The van der Waals surface area contributed by atoms with Crippen molar-refractivity contribution in [1.82, 2.24) is 4.98 Å². The molecule has 1 aliphatic carbocycles. The Labute approximate surface area is 97.3 Å². The van der Waals surface area contributed by atoms with Gasteiger partial charge in [0.1, 0.15) is 0 Å². The largest absolute Gasteiger partial charge is 0.260 e. The molecule has 0 bridgehead atoms. The summed E-state index contributed by atoms with van der Waals surface area (Å²) < 4.78 is 0. The molecule has 1 aliphatic rings. The second-order valence-corrected chi connectivity index (χ2v) is 5.88. The molecule has 1 saturated carbocycles. The predicted molar refractivity (Wildman–Crippen MR) is 63.7 cm³/mol. The number of aromatic nitrogens is 1. The smallest absolute Gasteiger partial charge is 0.0998 e. The number of pyridine rings is 1. The van der Waals surface area contributed by atoms with Crippen molar-refractivity contribution in [1.29, 1.82) is 5.26 Å². The van der Waals surface area contributed by atoms with Crippen molar-refractivity contribution in [3.8, 4) is 6.07 Å². The lowest BCUT2D eigenvalue weighted by atomic mass is 9.54. The van der Waals surface area contributed by atoms with E-state index < -0.39 is 0 Å². The normalized spacial score (nSPS) is 29.2. The maximum absolute atomic E-state index is 9.38. The highest BCUT2D eigenvalue weighted by Crippen LogP contribution is 2.53. The lowest BCUT2D eigenvalue weighted by molar-refractivity contribution is 0.0759. The highest BCUT2D eigenvalue weighted by Gasteiger charge is 2.50. The van der Waals surface area contributed by atoms with Crippen LogP contribution >= 0.6 is 0 Å². The van der Waals surface area contributed by atoms with Gasteiger partial charge in [0.25, 0.3) is 0 Å². The summed E-state index contributed by atoms with van der Waals surface area (Å²) >= 11 is 0. The second kappa shape index (κ2) is 3.59. The van der Waals surface area contributed by atoms with E-state index in [9.17, 15) is 5.26 Å². The lowest BCUT2D eigenvalue weighted by Gasteiger charge is -2.48. The molecule has 0 aliphatic heterocycles. The Morgan fingerprint density at radius 3 is 2.50 bits per heavy atom. The van der Waals surface area contributed by atoms with Gasteiger partial charge in [-0.1, -0.05) is 26.8 Å². The van der Waals surface area contributed by atoms with E-state index >= 15 is 0 Å². The van der Waals surface area contributed by atoms with Crippen LogP contribution < -0.4 is 0 Å². The van der Waals surface area contributed by atoms with E-state index in [0.29, 0.717) is 11.3 Å². The van der Waals surface area contributed by atoms with Crippen LogP contribution in [0, 0.1) is 22.7 Å². The van der Waals surface area contributed by atoms with Crippen LogP contribution in [-0.4, -0.2) is 4.98 Å². The zero-order valence-electron chi connectivity index (χ0n) is 10.2. The summed E-state index contributed by atoms with van der Waals surface area (Å²) in [7, 11) is 0. The van der Waals surface area contributed by atoms with E-state index in [-0.39, 0.29) is 5.41 Å². The van der Waals surface area contributed by atoms with Gasteiger partial charge in [-0.3, -0.25) is 4.98 Å². The van der Waals surface area contributed by atoms with Crippen molar-refractivity contribution < 1.29 is 0 Å². The van der Waals surface area contributed by atoms with Gasteiger partial charge in [-0.2, -0.15) is 5.26 Å². The summed E-state index contributed by atoms with van der Waals surface area (Å²) in [4.78, 5) is 4.34. The monoisotopic (exact) mass is 214 g/mol. The number of hydrogen-bond acceptors (Lipinski definition) is 2. The van der Waals surface area contributed by atoms with Crippen molar-refractivity contribution in [2.24, 2.45) is 11.3 Å². The number of nitriles is 1. The summed E-state index contributed by atoms with van der Waals surface area (Å²) in [5.41, 5.74) is 0.923. The van der Waals surface area contributed by atoms with Crippen LogP contribution in [0.3, 0.4) is 0 Å². The Kier molecular flexibility index (Phi) is 2.50. The average molecular weight is 214 g/mol. The molecule has 0 amide bonds. The van der Waals surface area contributed by atoms with E-state index in [0.717, 1.165) is 18.5 Å². The standard InChI is InChI=1S/C14H18N2/c1-13(2,3)11-8-14(9-11,10-15)12-6-4-5-7-16-12/h4-7,11H,8-9H2,1-3H3. The van der Waals surface area contributed by atoms with Crippen LogP contribution in [0.5, 0.6) is 0 Å². The summed E-state index contributed by atoms with van der Waals surface area (Å²) in [6.07, 6.45) is 3.67. The number of nitrogens with zero attached hydrogens (tertiary/aromatic N) is 2. The van der Waals surface area contributed by atoms with E-state index in [1.165, 1.54) is 0 Å². The number of rotatable bonds is 1. The molecule has 1 aromatic heterocycles. The summed E-state index contributed by atoms with van der Waals surface area (Å²) in [6.45, 7) is 6.74. The van der Waals surface area contributed by atoms with Gasteiger partial charge in [-0.05, 0) is 36.3 Å². The Bertz CT molecular complexity index is 403. The van der Waals surface area contributed by atoms with Crippen LogP contribution in [0.1, 0.15) is 39.3 Å². The van der Waals surface area contributed by atoms with Gasteiger partial charge in [-0.15, -0.1) is 0 Å². The van der Waals surface area contributed by atoms with Crippen LogP contribution in [-0.2, 0) is 5.41 Å². The van der Waals surface area contributed by atoms with E-state index in [1.54, 1.807) is 6.20 Å². The minimum Gasteiger partial charge on any atom is -0.260 e. The Morgan fingerprint density at radius 1 is 1.38 bits per heavy atom. The highest BCUT2D eigenvalue weighted by atomic mass is 14.7. The molecule has 0 spiro atoms. The molecule has 2 nitrogen and oxygen atoms in total. The van der Waals surface area contributed by atoms with E-state index in [1.807, 2.05) is 18.2 Å². The van der Waals surface area contributed by atoms with Crippen LogP contribution in [0.2, 0.25) is 0 Å². The maximum Gasteiger partial charge on any atom is 0.0998 e. The molecular formula is C14H18N2. The minimum atomic E-state index is -0.320. The Balaban J connectivity index is 2.19. The lowest BCUT2D eigenvalue weighted by Crippen LogP contribution is -2.45. The first-order valence-corrected chi connectivity index (χ1v) is 5.81. The fourth-order valence-electron chi connectivity index (χ4n) is 2.40. The van der Waals surface area contributed by atoms with Gasteiger partial charge in [0.05, 0.1) is 17.2 Å². The Morgan fingerprint density at radius 2 is 2.06 bits per heavy atom. The molecule has 1 aromatic rings. The third-order valence-electron chi connectivity index (χ3n) is 3.78. The van der Waals surface area contributed by atoms with Crippen molar-refractivity contribution in [2.75, 3.05) is 0 Å². The fourth-order valence-corrected chi connectivity index (χ4v) is 2.40. The van der Waals surface area contributed by atoms with Gasteiger partial charge in [0.15, 0.2) is 0 Å². The molecule has 1 fully saturated rings. The summed E-state index contributed by atoms with van der Waals surface area (Å²) in [5, 5.41) is 9.38. The van der Waals surface area contributed by atoms with E-state index in [4.69, 9.17) is 0 Å². The molecule has 1 heterocycles. The third kappa shape index (κ3) is 1.71. The van der Waals surface area contributed by atoms with Crippen LogP contribution in [0.25, 0.3) is 0 Å². The molecule has 0 unspecified atom stereocenters. The van der Waals surface area contributed by atoms with Crippen molar-refractivity contribution >= 4 is 0 Å². The quantitative estimate of drug-likeness (QED) is 0.719. The molecule has 0 aromatic carbocycles. The van der Waals surface area contributed by atoms with Gasteiger partial charge in [0.2, 0.25) is 0 Å². The number of hydrogen-bond donors (Lipinski definition) is 0. The summed E-state index contributed by atoms with van der Waals surface area (Å²) in [6, 6.07) is 8.31. The van der Waals surface area contributed by atoms with Crippen LogP contribution in [0.4, 0.5) is 0 Å². The first-order valence-electron chi connectivity index (χ1n) is 5.81. The average Bonchev–Trinajstić information content (AvgIpc) is 2.16. The zero-order chi connectivity index (χ0) is 11.8. The van der Waals surface area contributed by atoms with Crippen molar-refractivity contribution in [3.63, 3.8) is 0 Å². The molecule has 0 N–H and O–H groups in total. The Hall–Kier alpha value is -1.36. The third-order valence-corrected chi connectivity index (χ3v) is 3.78. The SMILES string of the molecule is CC(C)(C)C1CC(C#N)(c2ccccn2)C1. The van der Waals surface area contributed by atoms with Crippen molar-refractivity contribution in [3.05, 3.63) is 30.1 Å². The highest BCUT2D eigenvalue weighted by molar-refractivity contribution is 5.31. The van der Waals surface area contributed by atoms with Gasteiger partial charge in [0, 0.05) is 6.20 Å². The molecular weight excluding hydrogens is 196 g/mol. The van der Waals surface area contributed by atoms with Gasteiger partial charge >= 0.3 is 0 Å². The molecule has 0 saturated heterocycles. The van der Waals surface area contributed by atoms with Crippen LogP contribution in [0.15, 0.2) is 24.4 Å². The summed E-state index contributed by atoms with van der Waals surface area (Å²) in [5.74, 6) is 0.633. The molecule has 16 heavy (non-hydrogen) atoms. The van der Waals surface area contributed by atoms with Gasteiger partial charge in [-0.25, -0.2) is 0 Å². The van der Waals surface area contributed by atoms with Crippen molar-refractivity contribution in [2.45, 2.75) is 39.0 Å². The molecule has 2 heteroatoms. The van der Waals surface area contributed by atoms with Gasteiger partial charge < -0.3 is 0 Å². The zero-order valence-corrected chi connectivity index (χ0v) is 10.2. The molecule has 84 valence electrons. The predicted octanol–water partition coefficient (Wildman–Crippen LogP) is 3.30. The maximum atomic E-state index is 9.38. The molecule has 2 rings (SSSR count). The second-order valence-electron chi connectivity index (χ2n) is 5.88. The molecule has 0 atom stereocenters. The fraction of sp³-hybridized carbons (Fsp3) is 0.571.